The van der Waals surface area contributed by atoms with Crippen LogP contribution in [0.3, 0.4) is 0 Å². The molecule has 11 heteroatoms. The molecule has 0 unspecified atom stereocenters. The van der Waals surface area contributed by atoms with Crippen molar-refractivity contribution in [1.82, 2.24) is 19.5 Å². The number of anilines is 1. The van der Waals surface area contributed by atoms with Gasteiger partial charge >= 0.3 is 6.08 Å². The van der Waals surface area contributed by atoms with Crippen molar-refractivity contribution >= 4 is 44.0 Å². The normalized spacial score (nSPS) is 21.4. The predicted molar refractivity (Wildman–Crippen MR) is 183 cm³/mol. The van der Waals surface area contributed by atoms with Gasteiger partial charge in [-0.15, -0.1) is 6.58 Å². The molecule has 1 saturated heterocycles. The molecule has 2 aromatic carbocycles. The number of imidazole rings is 1. The Morgan fingerprint density at radius 2 is 1.58 bits per heavy atom. The third kappa shape index (κ3) is 5.92. The molecule has 1 fully saturated rings. The summed E-state index contributed by atoms with van der Waals surface area (Å²) >= 11 is 0. The van der Waals surface area contributed by atoms with Gasteiger partial charge in [-0.2, -0.15) is 14.4 Å². The highest BCUT2D eigenvalue weighted by molar-refractivity contribution is 6.99. The summed E-state index contributed by atoms with van der Waals surface area (Å²) in [6.45, 7) is 22.3. The van der Waals surface area contributed by atoms with Gasteiger partial charge in [0.2, 0.25) is 0 Å². The van der Waals surface area contributed by atoms with E-state index in [2.05, 4.69) is 125 Å². The highest BCUT2D eigenvalue weighted by Gasteiger charge is 2.56. The molecule has 0 aliphatic carbocycles. The number of nitrogens with zero attached hydrogens (tertiary/aromatic N) is 4. The van der Waals surface area contributed by atoms with E-state index in [-0.39, 0.29) is 28.1 Å². The second-order valence-corrected chi connectivity index (χ2v) is 23.6. The van der Waals surface area contributed by atoms with Gasteiger partial charge in [-0.25, -0.2) is 4.98 Å². The van der Waals surface area contributed by atoms with E-state index in [1.807, 2.05) is 18.2 Å². The first-order valence-corrected chi connectivity index (χ1v) is 20.3. The Hall–Kier alpha value is -3.23. The molecule has 5 rings (SSSR count). The Kier molecular flexibility index (Phi) is 8.73. The smallest absolute Gasteiger partial charge is 0.312 e. The van der Waals surface area contributed by atoms with Gasteiger partial charge in [-0.05, 0) is 33.5 Å². The Morgan fingerprint density at radius 3 is 2.09 bits per heavy atom. The molecule has 240 valence electrons. The van der Waals surface area contributed by atoms with Crippen LogP contribution in [0, 0.1) is 6.08 Å². The van der Waals surface area contributed by atoms with Gasteiger partial charge in [0.15, 0.2) is 25.3 Å². The summed E-state index contributed by atoms with van der Waals surface area (Å²) in [5.74, 6) is -0.0201. The number of ether oxygens (including phenoxy) is 1. The maximum atomic E-state index is 14.3. The van der Waals surface area contributed by atoms with E-state index in [1.54, 1.807) is 10.9 Å². The minimum atomic E-state index is -2.93. The molecule has 0 saturated carbocycles. The van der Waals surface area contributed by atoms with E-state index in [0.29, 0.717) is 11.9 Å². The van der Waals surface area contributed by atoms with Crippen molar-refractivity contribution in [3.05, 3.63) is 85.7 Å². The largest absolute Gasteiger partial charge is 0.410 e. The van der Waals surface area contributed by atoms with Gasteiger partial charge in [0.05, 0.1) is 19.0 Å². The zero-order valence-electron chi connectivity index (χ0n) is 27.7. The van der Waals surface area contributed by atoms with Crippen LogP contribution in [0.4, 0.5) is 10.2 Å². The fraction of sp³-hybridized carbons (Fsp3) is 0.441. The lowest BCUT2D eigenvalue weighted by molar-refractivity contribution is -0.0894. The van der Waals surface area contributed by atoms with E-state index in [9.17, 15) is 4.39 Å². The first-order valence-electron chi connectivity index (χ1n) is 15.4. The molecule has 2 aromatic heterocycles. The molecule has 3 atom stereocenters. The summed E-state index contributed by atoms with van der Waals surface area (Å²) < 4.78 is 37.6. The number of nitrogens with two attached hydrogens (primary N) is 1. The van der Waals surface area contributed by atoms with Gasteiger partial charge in [-0.1, -0.05) is 108 Å². The van der Waals surface area contributed by atoms with Crippen molar-refractivity contribution in [2.24, 2.45) is 0 Å². The molecule has 0 radical (unpaired) electrons. The molecule has 45 heavy (non-hydrogen) atoms. The van der Waals surface area contributed by atoms with E-state index in [1.165, 1.54) is 10.4 Å². The Labute approximate surface area is 268 Å². The van der Waals surface area contributed by atoms with E-state index in [0.717, 1.165) is 0 Å². The van der Waals surface area contributed by atoms with Gasteiger partial charge in [0.25, 0.3) is 8.32 Å². The minimum Gasteiger partial charge on any atom is -0.410 e. The lowest BCUT2D eigenvalue weighted by atomic mass is 9.98. The van der Waals surface area contributed by atoms with Crippen LogP contribution in [0.25, 0.3) is 11.2 Å². The van der Waals surface area contributed by atoms with E-state index in [4.69, 9.17) is 19.3 Å². The monoisotopic (exact) mass is 647 g/mol. The van der Waals surface area contributed by atoms with Crippen molar-refractivity contribution in [3.63, 3.8) is 0 Å². The van der Waals surface area contributed by atoms with Crippen molar-refractivity contribution in [1.29, 1.82) is 0 Å². The number of rotatable bonds is 9. The van der Waals surface area contributed by atoms with Crippen molar-refractivity contribution in [2.45, 2.75) is 89.1 Å². The quantitative estimate of drug-likeness (QED) is 0.128. The minimum absolute atomic E-state index is 0.0201. The maximum absolute atomic E-state index is 14.3. The first kappa shape index (κ1) is 33.1. The SMILES string of the molecule is C=C[C@]1(CO[Si](c2ccccc2)(c2ccccc2)C(C)(C)C)O[C@@H](n2cnc3c(N)nc(F)nc32)C[C@@H]1O[Si](C)(C)C(C)(C)C. The number of aromatic nitrogens is 4. The number of hydrogen-bond donors (Lipinski definition) is 1. The lowest BCUT2D eigenvalue weighted by Gasteiger charge is -2.46. The summed E-state index contributed by atoms with van der Waals surface area (Å²) in [5.41, 5.74) is 5.56. The van der Waals surface area contributed by atoms with Crippen LogP contribution in [0.15, 0.2) is 79.6 Å². The second-order valence-electron chi connectivity index (χ2n) is 14.5. The van der Waals surface area contributed by atoms with Crippen LogP contribution >= 0.6 is 0 Å². The zero-order valence-corrected chi connectivity index (χ0v) is 29.7. The van der Waals surface area contributed by atoms with Gasteiger partial charge in [0.1, 0.15) is 11.8 Å². The fourth-order valence-electron chi connectivity index (χ4n) is 6.08. The zero-order chi connectivity index (χ0) is 32.8. The number of hydrogen-bond acceptors (Lipinski definition) is 7. The number of fused-ring (bicyclic) bond motifs is 1. The molecule has 4 aromatic rings. The number of nitrogen functional groups attached to an aromatic ring is 1. The molecule has 0 spiro atoms. The topological polar surface area (TPSA) is 97.3 Å². The third-order valence-electron chi connectivity index (χ3n) is 9.57. The molecular formula is C34H46FN5O3Si2. The third-order valence-corrected chi connectivity index (χ3v) is 19.0. The second kappa shape index (κ2) is 11.9. The molecule has 1 aliphatic rings. The molecule has 1 aliphatic heterocycles. The maximum Gasteiger partial charge on any atom is 0.312 e. The van der Waals surface area contributed by atoms with Crippen LogP contribution in [-0.4, -0.2) is 54.5 Å². The number of halogens is 1. The Balaban J connectivity index is 1.62. The first-order chi connectivity index (χ1) is 21.0. The lowest BCUT2D eigenvalue weighted by Crippen LogP contribution is -2.68. The van der Waals surface area contributed by atoms with Crippen LogP contribution in [-0.2, 0) is 13.6 Å². The molecular weight excluding hydrogens is 602 g/mol. The summed E-state index contributed by atoms with van der Waals surface area (Å²) in [6.07, 6.45) is 1.95. The van der Waals surface area contributed by atoms with Gasteiger partial charge in [0, 0.05) is 6.42 Å². The highest BCUT2D eigenvalue weighted by Crippen LogP contribution is 2.47. The summed E-state index contributed by atoms with van der Waals surface area (Å²) in [7, 11) is -5.23. The standard InChI is InChI=1S/C34H46FN5O3Si2/c1-10-34(22-41-45(33(5,6)7,24-17-13-11-14-18-24)25-19-15-12-16-20-25)26(43-44(8,9)32(2,3)4)21-27(42-34)40-23-37-28-29(36)38-31(35)39-30(28)40/h10-20,23,26-27H,1,21-22H2,2-9H3,(H2,36,38,39)/t26-,27+,34+/m0/s1. The average Bonchev–Trinajstić information content (AvgIpc) is 3.55. The number of benzene rings is 2. The van der Waals surface area contributed by atoms with Crippen LogP contribution in [0.1, 0.15) is 54.2 Å². The van der Waals surface area contributed by atoms with Crippen molar-refractivity contribution in [3.8, 4) is 0 Å². The molecule has 2 N–H and O–H groups in total. The van der Waals surface area contributed by atoms with Gasteiger partial charge in [-0.3, -0.25) is 4.57 Å². The predicted octanol–water partition coefficient (Wildman–Crippen LogP) is 6.36. The summed E-state index contributed by atoms with van der Waals surface area (Å²) in [4.78, 5) is 12.1. The fourth-order valence-corrected chi connectivity index (χ4v) is 12.0. The summed E-state index contributed by atoms with van der Waals surface area (Å²) in [6, 6.07) is 21.0. The van der Waals surface area contributed by atoms with Crippen molar-refractivity contribution in [2.75, 3.05) is 12.3 Å². The van der Waals surface area contributed by atoms with Crippen LogP contribution < -0.4 is 16.1 Å². The molecule has 8 nitrogen and oxygen atoms in total. The Bertz CT molecular complexity index is 1610. The average molecular weight is 648 g/mol. The van der Waals surface area contributed by atoms with Gasteiger partial charge < -0.3 is 19.3 Å². The molecule has 3 heterocycles. The molecule has 0 bridgehead atoms. The highest BCUT2D eigenvalue weighted by atomic mass is 28.4. The Morgan fingerprint density at radius 1 is 1.00 bits per heavy atom. The summed E-state index contributed by atoms with van der Waals surface area (Å²) in [5, 5.41) is 2.05. The van der Waals surface area contributed by atoms with E-state index < -0.39 is 40.6 Å². The molecule has 0 amide bonds. The van der Waals surface area contributed by atoms with Crippen molar-refractivity contribution < 1.29 is 18.0 Å². The van der Waals surface area contributed by atoms with Crippen LogP contribution in [0.5, 0.6) is 0 Å². The van der Waals surface area contributed by atoms with E-state index >= 15 is 0 Å². The van der Waals surface area contributed by atoms with Crippen LogP contribution in [0.2, 0.25) is 23.2 Å².